The fourth-order valence-corrected chi connectivity index (χ4v) is 1.16. The predicted molar refractivity (Wildman–Crippen MR) is 61.5 cm³/mol. The first-order valence-electron chi connectivity index (χ1n) is 5.72. The number of hydrogen-bond donors (Lipinski definition) is 1. The zero-order valence-electron chi connectivity index (χ0n) is 10.4. The Labute approximate surface area is 92.3 Å². The number of aliphatic hydroxyl groups is 1. The van der Waals surface area contributed by atoms with Crippen molar-refractivity contribution in [2.45, 2.75) is 53.7 Å². The number of hydrogen-bond acceptors (Lipinski definition) is 3. The van der Waals surface area contributed by atoms with Gasteiger partial charge in [0.25, 0.3) is 0 Å². The van der Waals surface area contributed by atoms with Gasteiger partial charge in [-0.25, -0.2) is 4.68 Å². The number of aromatic nitrogens is 3. The van der Waals surface area contributed by atoms with E-state index in [1.807, 2.05) is 27.0 Å². The summed E-state index contributed by atoms with van der Waals surface area (Å²) in [4.78, 5) is 0. The molecule has 0 fully saturated rings. The van der Waals surface area contributed by atoms with Gasteiger partial charge in [-0.1, -0.05) is 39.8 Å². The minimum absolute atomic E-state index is 0.534. The third-order valence-electron chi connectivity index (χ3n) is 1.85. The molecule has 1 heterocycles. The summed E-state index contributed by atoms with van der Waals surface area (Å²) in [5.41, 5.74) is 0.947. The van der Waals surface area contributed by atoms with Gasteiger partial charge in [0.15, 0.2) is 0 Å². The van der Waals surface area contributed by atoms with Crippen molar-refractivity contribution in [3.8, 4) is 0 Å². The van der Waals surface area contributed by atoms with Gasteiger partial charge in [0.2, 0.25) is 0 Å². The lowest BCUT2D eigenvalue weighted by molar-refractivity contribution is 0.0847. The molecule has 1 atom stereocenters. The number of nitrogens with zero attached hydrogens (tertiary/aromatic N) is 3. The molecule has 0 amide bonds. The molecule has 1 unspecified atom stereocenters. The van der Waals surface area contributed by atoms with Gasteiger partial charge in [-0.05, 0) is 18.8 Å². The molecule has 4 heteroatoms. The average molecular weight is 213 g/mol. The standard InChI is InChI=1S/C9H17N3O.C2H6/c1-4-9(13)12-6-8(10-11-12)5-7(2)3;1-2/h6-7,9,13H,4-5H2,1-3H3;1-2H3. The smallest absolute Gasteiger partial charge is 0.148 e. The zero-order valence-corrected chi connectivity index (χ0v) is 10.4. The zero-order chi connectivity index (χ0) is 11.8. The molecule has 0 bridgehead atoms. The van der Waals surface area contributed by atoms with Crippen LogP contribution in [-0.2, 0) is 6.42 Å². The number of rotatable bonds is 4. The lowest BCUT2D eigenvalue weighted by atomic mass is 10.1. The van der Waals surface area contributed by atoms with Crippen LogP contribution in [0.2, 0.25) is 0 Å². The summed E-state index contributed by atoms with van der Waals surface area (Å²) in [6, 6.07) is 0. The highest BCUT2D eigenvalue weighted by Gasteiger charge is 2.07. The highest BCUT2D eigenvalue weighted by molar-refractivity contribution is 4.93. The van der Waals surface area contributed by atoms with Crippen LogP contribution in [0.1, 0.15) is 53.0 Å². The minimum atomic E-state index is -0.534. The molecule has 0 radical (unpaired) electrons. The van der Waals surface area contributed by atoms with Crippen LogP contribution in [-0.4, -0.2) is 20.1 Å². The van der Waals surface area contributed by atoms with Gasteiger partial charge in [0, 0.05) is 0 Å². The Balaban J connectivity index is 0.000000921. The largest absolute Gasteiger partial charge is 0.372 e. The van der Waals surface area contributed by atoms with Gasteiger partial charge < -0.3 is 5.11 Å². The van der Waals surface area contributed by atoms with E-state index in [4.69, 9.17) is 0 Å². The van der Waals surface area contributed by atoms with E-state index in [0.29, 0.717) is 12.3 Å². The minimum Gasteiger partial charge on any atom is -0.372 e. The topological polar surface area (TPSA) is 50.9 Å². The molecule has 1 rings (SSSR count). The predicted octanol–water partition coefficient (Wildman–Crippen LogP) is 2.40. The van der Waals surface area contributed by atoms with Crippen molar-refractivity contribution in [3.05, 3.63) is 11.9 Å². The SMILES string of the molecule is CC.CCC(O)n1cc(CC(C)C)nn1. The van der Waals surface area contributed by atoms with Crippen LogP contribution in [0, 0.1) is 5.92 Å². The Hall–Kier alpha value is -0.900. The Morgan fingerprint density at radius 2 is 2.00 bits per heavy atom. The quantitative estimate of drug-likeness (QED) is 0.835. The van der Waals surface area contributed by atoms with E-state index >= 15 is 0 Å². The van der Waals surface area contributed by atoms with E-state index in [-0.39, 0.29) is 0 Å². The van der Waals surface area contributed by atoms with E-state index in [1.165, 1.54) is 4.68 Å². The second-order valence-electron chi connectivity index (χ2n) is 3.68. The maximum atomic E-state index is 9.44. The van der Waals surface area contributed by atoms with Gasteiger partial charge in [-0.3, -0.25) is 0 Å². The molecular formula is C11H23N3O. The van der Waals surface area contributed by atoms with Gasteiger partial charge in [-0.2, -0.15) is 0 Å². The van der Waals surface area contributed by atoms with Gasteiger partial charge in [0.05, 0.1) is 11.9 Å². The molecule has 4 nitrogen and oxygen atoms in total. The summed E-state index contributed by atoms with van der Waals surface area (Å²) in [5.74, 6) is 0.573. The number of aliphatic hydroxyl groups excluding tert-OH is 1. The Morgan fingerprint density at radius 1 is 1.40 bits per heavy atom. The molecule has 1 aromatic heterocycles. The van der Waals surface area contributed by atoms with E-state index in [0.717, 1.165) is 12.1 Å². The molecule has 0 saturated heterocycles. The van der Waals surface area contributed by atoms with Crippen molar-refractivity contribution in [2.75, 3.05) is 0 Å². The molecule has 88 valence electrons. The lowest BCUT2D eigenvalue weighted by Crippen LogP contribution is -2.07. The molecule has 0 spiro atoms. The molecule has 0 aliphatic carbocycles. The normalized spacial score (nSPS) is 12.2. The van der Waals surface area contributed by atoms with Crippen LogP contribution in [0.5, 0.6) is 0 Å². The van der Waals surface area contributed by atoms with Gasteiger partial charge in [-0.15, -0.1) is 5.10 Å². The van der Waals surface area contributed by atoms with E-state index in [1.54, 1.807) is 0 Å². The molecule has 0 aliphatic heterocycles. The first-order chi connectivity index (χ1) is 7.13. The lowest BCUT2D eigenvalue weighted by Gasteiger charge is -2.05. The van der Waals surface area contributed by atoms with Crippen molar-refractivity contribution in [1.29, 1.82) is 0 Å². The Bertz CT molecular complexity index is 258. The van der Waals surface area contributed by atoms with Crippen LogP contribution in [0.3, 0.4) is 0 Å². The molecule has 0 saturated carbocycles. The van der Waals surface area contributed by atoms with Crippen LogP contribution >= 0.6 is 0 Å². The summed E-state index contributed by atoms with van der Waals surface area (Å²) in [6.45, 7) is 10.2. The molecule has 1 N–H and O–H groups in total. The molecule has 0 aliphatic rings. The third kappa shape index (κ3) is 4.93. The molecular weight excluding hydrogens is 190 g/mol. The van der Waals surface area contributed by atoms with E-state index < -0.39 is 6.23 Å². The maximum Gasteiger partial charge on any atom is 0.148 e. The van der Waals surface area contributed by atoms with E-state index in [9.17, 15) is 5.11 Å². The Morgan fingerprint density at radius 3 is 2.47 bits per heavy atom. The van der Waals surface area contributed by atoms with Crippen molar-refractivity contribution in [3.63, 3.8) is 0 Å². The van der Waals surface area contributed by atoms with Crippen LogP contribution in [0.4, 0.5) is 0 Å². The average Bonchev–Trinajstić information content (AvgIpc) is 2.67. The monoisotopic (exact) mass is 213 g/mol. The second kappa shape index (κ2) is 7.40. The summed E-state index contributed by atoms with van der Waals surface area (Å²) >= 11 is 0. The first-order valence-corrected chi connectivity index (χ1v) is 5.72. The van der Waals surface area contributed by atoms with Crippen molar-refractivity contribution in [1.82, 2.24) is 15.0 Å². The summed E-state index contributed by atoms with van der Waals surface area (Å²) in [5, 5.41) is 17.3. The molecule has 0 aromatic carbocycles. The highest BCUT2D eigenvalue weighted by Crippen LogP contribution is 2.08. The third-order valence-corrected chi connectivity index (χ3v) is 1.85. The van der Waals surface area contributed by atoms with Crippen molar-refractivity contribution in [2.24, 2.45) is 5.92 Å². The first kappa shape index (κ1) is 14.1. The fraction of sp³-hybridized carbons (Fsp3) is 0.818. The molecule has 1 aromatic rings. The molecule has 15 heavy (non-hydrogen) atoms. The van der Waals surface area contributed by atoms with Crippen LogP contribution in [0.15, 0.2) is 6.20 Å². The van der Waals surface area contributed by atoms with Gasteiger partial charge in [0.1, 0.15) is 6.23 Å². The Kier molecular flexibility index (Phi) is 6.96. The van der Waals surface area contributed by atoms with Crippen molar-refractivity contribution >= 4 is 0 Å². The highest BCUT2D eigenvalue weighted by atomic mass is 16.3. The van der Waals surface area contributed by atoms with Crippen LogP contribution < -0.4 is 0 Å². The summed E-state index contributed by atoms with van der Waals surface area (Å²) in [7, 11) is 0. The summed E-state index contributed by atoms with van der Waals surface area (Å²) < 4.78 is 1.51. The fourth-order valence-electron chi connectivity index (χ4n) is 1.16. The summed E-state index contributed by atoms with van der Waals surface area (Å²) in [6.07, 6.45) is 2.85. The second-order valence-corrected chi connectivity index (χ2v) is 3.68. The van der Waals surface area contributed by atoms with Crippen molar-refractivity contribution < 1.29 is 5.11 Å². The van der Waals surface area contributed by atoms with E-state index in [2.05, 4.69) is 24.2 Å². The maximum absolute atomic E-state index is 9.44. The van der Waals surface area contributed by atoms with Crippen LogP contribution in [0.25, 0.3) is 0 Å². The van der Waals surface area contributed by atoms with Gasteiger partial charge >= 0.3 is 0 Å².